The van der Waals surface area contributed by atoms with Crippen LogP contribution in [0.2, 0.25) is 0 Å². The average Bonchev–Trinajstić information content (AvgIpc) is 2.90. The van der Waals surface area contributed by atoms with Crippen molar-refractivity contribution in [3.8, 4) is 11.8 Å². The topological polar surface area (TPSA) is 88.7 Å². The van der Waals surface area contributed by atoms with Gasteiger partial charge in [-0.1, -0.05) is 11.8 Å². The second-order valence-corrected chi connectivity index (χ2v) is 9.67. The molecule has 8 heteroatoms. The van der Waals surface area contributed by atoms with Crippen LogP contribution in [-0.4, -0.2) is 33.0 Å². The molecule has 1 aliphatic heterocycles. The lowest BCUT2D eigenvalue weighted by Crippen LogP contribution is -2.40. The molecular formula is C23H26N3O4S+. The van der Waals surface area contributed by atoms with Crippen molar-refractivity contribution in [2.75, 3.05) is 17.6 Å². The third-order valence-corrected chi connectivity index (χ3v) is 5.71. The molecule has 0 radical (unpaired) electrons. The van der Waals surface area contributed by atoms with Crippen molar-refractivity contribution in [3.05, 3.63) is 53.2 Å². The zero-order chi connectivity index (χ0) is 22.8. The maximum atomic E-state index is 12.1. The predicted octanol–water partition coefficient (Wildman–Crippen LogP) is 2.69. The molecule has 1 aromatic heterocycles. The van der Waals surface area contributed by atoms with Gasteiger partial charge in [0, 0.05) is 11.3 Å². The van der Waals surface area contributed by atoms with Crippen molar-refractivity contribution in [1.82, 2.24) is 0 Å². The summed E-state index contributed by atoms with van der Waals surface area (Å²) >= 11 is 0. The smallest absolute Gasteiger partial charge is 0.348 e. The number of anilines is 1. The Bertz CT molecular complexity index is 1220. The molecule has 1 N–H and O–H groups in total. The minimum atomic E-state index is -3.32. The molecule has 0 amide bonds. The highest BCUT2D eigenvalue weighted by atomic mass is 32.2. The molecule has 0 spiro atoms. The third kappa shape index (κ3) is 5.30. The Morgan fingerprint density at radius 3 is 2.45 bits per heavy atom. The number of rotatable bonds is 5. The lowest BCUT2D eigenvalue weighted by molar-refractivity contribution is -0.673. The predicted molar refractivity (Wildman–Crippen MR) is 120 cm³/mol. The van der Waals surface area contributed by atoms with Gasteiger partial charge in [-0.2, -0.15) is 0 Å². The first kappa shape index (κ1) is 22.5. The van der Waals surface area contributed by atoms with Crippen LogP contribution in [0.5, 0.6) is 0 Å². The molecule has 0 atom stereocenters. The van der Waals surface area contributed by atoms with E-state index in [2.05, 4.69) is 35.4 Å². The molecule has 2 aromatic rings. The standard InChI is InChI=1S/C23H26N3O4S/c1-6-30-21(27)15-26-14-18(13-20-22(26)24-16(2)23(20,3)4)8-7-17-9-11-19(12-10-17)25-31(5,28)29/h9-14,25H,6,15H2,1-5H3/q+1. The Morgan fingerprint density at radius 2 is 1.84 bits per heavy atom. The molecule has 0 saturated heterocycles. The molecule has 2 heterocycles. The van der Waals surface area contributed by atoms with E-state index in [1.54, 1.807) is 42.0 Å². The molecule has 3 rings (SSSR count). The Balaban J connectivity index is 1.95. The average molecular weight is 441 g/mol. The summed E-state index contributed by atoms with van der Waals surface area (Å²) in [5.41, 5.74) is 3.69. The Kier molecular flexibility index (Phi) is 6.18. The van der Waals surface area contributed by atoms with Gasteiger partial charge in [0.2, 0.25) is 10.0 Å². The summed E-state index contributed by atoms with van der Waals surface area (Å²) in [7, 11) is -3.32. The zero-order valence-corrected chi connectivity index (χ0v) is 19.1. The van der Waals surface area contributed by atoms with E-state index in [0.29, 0.717) is 12.3 Å². The van der Waals surface area contributed by atoms with Crippen LogP contribution in [0, 0.1) is 11.8 Å². The number of esters is 1. The van der Waals surface area contributed by atoms with Crippen molar-refractivity contribution in [1.29, 1.82) is 0 Å². The van der Waals surface area contributed by atoms with E-state index in [0.717, 1.165) is 34.5 Å². The zero-order valence-electron chi connectivity index (χ0n) is 18.3. The number of nitrogens with one attached hydrogen (secondary N) is 1. The number of hydrogen-bond donors (Lipinski definition) is 1. The van der Waals surface area contributed by atoms with Gasteiger partial charge in [-0.15, -0.1) is 0 Å². The molecule has 0 aliphatic carbocycles. The summed E-state index contributed by atoms with van der Waals surface area (Å²) < 4.78 is 32.0. The van der Waals surface area contributed by atoms with E-state index in [1.165, 1.54) is 0 Å². The van der Waals surface area contributed by atoms with Gasteiger partial charge in [-0.25, -0.2) is 17.8 Å². The molecule has 0 bridgehead atoms. The van der Waals surface area contributed by atoms with Crippen molar-refractivity contribution in [3.63, 3.8) is 0 Å². The number of aromatic nitrogens is 1. The maximum absolute atomic E-state index is 12.1. The van der Waals surface area contributed by atoms with Crippen LogP contribution in [0.1, 0.15) is 44.4 Å². The normalized spacial score (nSPS) is 14.2. The monoisotopic (exact) mass is 440 g/mol. The number of benzene rings is 1. The number of pyridine rings is 1. The van der Waals surface area contributed by atoms with Crippen LogP contribution in [0.15, 0.2) is 41.5 Å². The Hall–Kier alpha value is -3.18. The summed E-state index contributed by atoms with van der Waals surface area (Å²) in [6, 6.07) is 8.82. The Morgan fingerprint density at radius 1 is 1.19 bits per heavy atom. The van der Waals surface area contributed by atoms with E-state index in [-0.39, 0.29) is 17.9 Å². The van der Waals surface area contributed by atoms with Gasteiger partial charge < -0.3 is 4.74 Å². The van der Waals surface area contributed by atoms with E-state index >= 15 is 0 Å². The lowest BCUT2D eigenvalue weighted by Gasteiger charge is -2.16. The molecule has 0 saturated carbocycles. The van der Waals surface area contributed by atoms with Crippen LogP contribution in [0.25, 0.3) is 0 Å². The summed E-state index contributed by atoms with van der Waals surface area (Å²) in [6.45, 7) is 8.32. The van der Waals surface area contributed by atoms with Crippen LogP contribution in [0.3, 0.4) is 0 Å². The number of sulfonamides is 1. The summed E-state index contributed by atoms with van der Waals surface area (Å²) in [6.07, 6.45) is 2.91. The first-order valence-electron chi connectivity index (χ1n) is 9.89. The van der Waals surface area contributed by atoms with Crippen molar-refractivity contribution < 1.29 is 22.5 Å². The number of nitrogens with zero attached hydrogens (tertiary/aromatic N) is 2. The van der Waals surface area contributed by atoms with Gasteiger partial charge >= 0.3 is 11.8 Å². The molecule has 1 aliphatic rings. The van der Waals surface area contributed by atoms with E-state index in [9.17, 15) is 13.2 Å². The van der Waals surface area contributed by atoms with Crippen molar-refractivity contribution >= 4 is 33.2 Å². The number of ether oxygens (including phenoxy) is 1. The highest BCUT2D eigenvalue weighted by molar-refractivity contribution is 7.92. The van der Waals surface area contributed by atoms with E-state index in [4.69, 9.17) is 4.74 Å². The van der Waals surface area contributed by atoms with Gasteiger partial charge in [0.25, 0.3) is 0 Å². The highest BCUT2D eigenvalue weighted by Gasteiger charge is 2.41. The van der Waals surface area contributed by atoms with Gasteiger partial charge in [-0.3, -0.25) is 4.72 Å². The van der Waals surface area contributed by atoms with Gasteiger partial charge in [0.15, 0.2) is 6.54 Å². The largest absolute Gasteiger partial charge is 0.463 e. The van der Waals surface area contributed by atoms with E-state index in [1.807, 2.05) is 13.0 Å². The minimum absolute atomic E-state index is 0.0599. The molecule has 0 fully saturated rings. The fourth-order valence-corrected chi connectivity index (χ4v) is 3.80. The van der Waals surface area contributed by atoms with Gasteiger partial charge in [-0.05, 0) is 63.0 Å². The number of fused-ring (bicyclic) bond motifs is 1. The van der Waals surface area contributed by atoms with Crippen LogP contribution < -0.4 is 9.29 Å². The molecule has 1 aromatic carbocycles. The lowest BCUT2D eigenvalue weighted by atomic mass is 9.82. The number of carbonyl (C=O) groups is 1. The number of hydrogen-bond acceptors (Lipinski definition) is 5. The molecule has 0 unspecified atom stereocenters. The molecule has 7 nitrogen and oxygen atoms in total. The Labute approximate surface area is 183 Å². The molecular weight excluding hydrogens is 414 g/mol. The van der Waals surface area contributed by atoms with Crippen LogP contribution in [-0.2, 0) is 31.5 Å². The molecule has 31 heavy (non-hydrogen) atoms. The van der Waals surface area contributed by atoms with E-state index < -0.39 is 10.0 Å². The number of aliphatic imine (C=N–C) groups is 1. The first-order valence-corrected chi connectivity index (χ1v) is 11.8. The van der Waals surface area contributed by atoms with Crippen molar-refractivity contribution in [2.24, 2.45) is 4.99 Å². The van der Waals surface area contributed by atoms with Crippen molar-refractivity contribution in [2.45, 2.75) is 39.7 Å². The van der Waals surface area contributed by atoms with Crippen LogP contribution >= 0.6 is 0 Å². The summed E-state index contributed by atoms with van der Waals surface area (Å²) in [4.78, 5) is 16.8. The second-order valence-electron chi connectivity index (χ2n) is 7.92. The minimum Gasteiger partial charge on any atom is -0.463 e. The molecule has 162 valence electrons. The fraction of sp³-hybridized carbons (Fsp3) is 0.348. The summed E-state index contributed by atoms with van der Waals surface area (Å²) in [5.74, 6) is 6.66. The second kappa shape index (κ2) is 8.52. The first-order chi connectivity index (χ1) is 14.5. The maximum Gasteiger partial charge on any atom is 0.348 e. The fourth-order valence-electron chi connectivity index (χ4n) is 3.23. The summed E-state index contributed by atoms with van der Waals surface area (Å²) in [5, 5.41) is 0. The van der Waals surface area contributed by atoms with Crippen LogP contribution in [0.4, 0.5) is 11.5 Å². The third-order valence-electron chi connectivity index (χ3n) is 5.10. The van der Waals surface area contributed by atoms with Gasteiger partial charge in [0.1, 0.15) is 11.9 Å². The number of carbonyl (C=O) groups excluding carboxylic acids is 1. The quantitative estimate of drug-likeness (QED) is 0.440. The SMILES string of the molecule is CCOC(=O)C[n+]1cc(C#Cc2ccc(NS(C)(=O)=O)cc2)cc2c1N=C(C)C2(C)C. The highest BCUT2D eigenvalue weighted by Crippen LogP contribution is 2.37. The van der Waals surface area contributed by atoms with Gasteiger partial charge in [0.05, 0.1) is 29.4 Å².